The number of thiophene rings is 1. The number of nitrogens with one attached hydrogen (secondary N) is 2. The number of carbonyl (C=O) groups is 1. The minimum Gasteiger partial charge on any atom is -0.322 e. The summed E-state index contributed by atoms with van der Waals surface area (Å²) in [7, 11) is 0. The van der Waals surface area contributed by atoms with Gasteiger partial charge in [-0.05, 0) is 52.3 Å². The standard InChI is InChI=1S/C17H12BrN3O2S/c18-15-7-4-13(24-15)5-8-16(22)19-12-3-1-2-11(10-12)14-6-9-17(23)21-20-14/h1-10H,(H,19,22)(H,21,23)/b8-5+. The molecule has 2 heterocycles. The number of aromatic amines is 1. The molecule has 0 saturated heterocycles. The van der Waals surface area contributed by atoms with Crippen molar-refractivity contribution in [2.24, 2.45) is 0 Å². The van der Waals surface area contributed by atoms with E-state index in [0.717, 1.165) is 14.2 Å². The van der Waals surface area contributed by atoms with E-state index in [-0.39, 0.29) is 11.5 Å². The molecule has 2 aromatic heterocycles. The van der Waals surface area contributed by atoms with E-state index in [9.17, 15) is 9.59 Å². The first-order chi connectivity index (χ1) is 11.6. The lowest BCUT2D eigenvalue weighted by atomic mass is 10.1. The minimum absolute atomic E-state index is 0.217. The third kappa shape index (κ3) is 4.27. The van der Waals surface area contributed by atoms with Gasteiger partial charge in [0.2, 0.25) is 5.91 Å². The summed E-state index contributed by atoms with van der Waals surface area (Å²) in [5.41, 5.74) is 1.83. The molecule has 0 radical (unpaired) electrons. The second-order valence-corrected chi connectivity index (χ2v) is 7.35. The Kier molecular flexibility index (Phi) is 5.02. The Morgan fingerprint density at radius 2 is 2.08 bits per heavy atom. The zero-order valence-corrected chi connectivity index (χ0v) is 14.7. The van der Waals surface area contributed by atoms with Crippen LogP contribution >= 0.6 is 27.3 Å². The fourth-order valence-electron chi connectivity index (χ4n) is 2.02. The van der Waals surface area contributed by atoms with Crippen LogP contribution in [-0.2, 0) is 4.79 Å². The molecule has 120 valence electrons. The van der Waals surface area contributed by atoms with Gasteiger partial charge in [0.1, 0.15) is 0 Å². The van der Waals surface area contributed by atoms with E-state index in [2.05, 4.69) is 31.4 Å². The highest BCUT2D eigenvalue weighted by Gasteiger charge is 2.03. The number of anilines is 1. The first kappa shape index (κ1) is 16.4. The number of H-pyrrole nitrogens is 1. The molecule has 0 aliphatic rings. The fourth-order valence-corrected chi connectivity index (χ4v) is 3.35. The monoisotopic (exact) mass is 401 g/mol. The van der Waals surface area contributed by atoms with Crippen LogP contribution < -0.4 is 10.9 Å². The molecule has 7 heteroatoms. The highest BCUT2D eigenvalue weighted by molar-refractivity contribution is 9.11. The van der Waals surface area contributed by atoms with Crippen molar-refractivity contribution >= 4 is 44.9 Å². The molecule has 0 aliphatic carbocycles. The average Bonchev–Trinajstić information content (AvgIpc) is 2.99. The van der Waals surface area contributed by atoms with E-state index >= 15 is 0 Å². The van der Waals surface area contributed by atoms with Crippen molar-refractivity contribution in [2.75, 3.05) is 5.32 Å². The van der Waals surface area contributed by atoms with Crippen LogP contribution in [0.15, 0.2) is 63.2 Å². The topological polar surface area (TPSA) is 74.8 Å². The van der Waals surface area contributed by atoms with Crippen LogP contribution in [0.25, 0.3) is 17.3 Å². The number of amides is 1. The summed E-state index contributed by atoms with van der Waals surface area (Å²) in [5.74, 6) is -0.217. The molecular weight excluding hydrogens is 390 g/mol. The number of aromatic nitrogens is 2. The fraction of sp³-hybridized carbons (Fsp3) is 0. The number of hydrogen-bond donors (Lipinski definition) is 2. The molecule has 2 N–H and O–H groups in total. The van der Waals surface area contributed by atoms with E-state index in [1.54, 1.807) is 35.6 Å². The molecule has 1 amide bonds. The molecule has 3 aromatic rings. The zero-order valence-electron chi connectivity index (χ0n) is 12.3. The Morgan fingerprint density at radius 1 is 1.21 bits per heavy atom. The molecule has 3 rings (SSSR count). The quantitative estimate of drug-likeness (QED) is 0.650. The number of benzene rings is 1. The molecule has 0 bridgehead atoms. The Balaban J connectivity index is 1.72. The van der Waals surface area contributed by atoms with Crippen molar-refractivity contribution in [3.63, 3.8) is 0 Å². The van der Waals surface area contributed by atoms with E-state index in [0.29, 0.717) is 11.4 Å². The van der Waals surface area contributed by atoms with Gasteiger partial charge >= 0.3 is 0 Å². The molecule has 0 unspecified atom stereocenters. The van der Waals surface area contributed by atoms with Crippen molar-refractivity contribution < 1.29 is 4.79 Å². The van der Waals surface area contributed by atoms with Crippen LogP contribution in [0.3, 0.4) is 0 Å². The summed E-state index contributed by atoms with van der Waals surface area (Å²) < 4.78 is 1.02. The summed E-state index contributed by atoms with van der Waals surface area (Å²) in [6.07, 6.45) is 3.25. The Bertz CT molecular complexity index is 942. The first-order valence-corrected chi connectivity index (χ1v) is 8.62. The second kappa shape index (κ2) is 7.37. The predicted octanol–water partition coefficient (Wildman–Crippen LogP) is 3.91. The molecule has 0 aliphatic heterocycles. The summed E-state index contributed by atoms with van der Waals surface area (Å²) in [6.45, 7) is 0. The lowest BCUT2D eigenvalue weighted by molar-refractivity contribution is -0.111. The third-order valence-corrected chi connectivity index (χ3v) is 4.69. The normalized spacial score (nSPS) is 10.9. The van der Waals surface area contributed by atoms with Crippen molar-refractivity contribution in [2.45, 2.75) is 0 Å². The van der Waals surface area contributed by atoms with E-state index in [1.807, 2.05) is 24.3 Å². The maximum atomic E-state index is 12.0. The van der Waals surface area contributed by atoms with E-state index < -0.39 is 0 Å². The van der Waals surface area contributed by atoms with Crippen LogP contribution in [0.2, 0.25) is 0 Å². The number of nitrogens with zero attached hydrogens (tertiary/aromatic N) is 1. The van der Waals surface area contributed by atoms with E-state index in [4.69, 9.17) is 0 Å². The number of hydrogen-bond acceptors (Lipinski definition) is 4. The molecule has 1 aromatic carbocycles. The third-order valence-electron chi connectivity index (χ3n) is 3.10. The predicted molar refractivity (Wildman–Crippen MR) is 100.0 cm³/mol. The SMILES string of the molecule is O=C(/C=C/c1ccc(Br)s1)Nc1cccc(-c2ccc(=O)[nH]n2)c1. The van der Waals surface area contributed by atoms with Crippen LogP contribution in [0.5, 0.6) is 0 Å². The van der Waals surface area contributed by atoms with Crippen LogP contribution in [-0.4, -0.2) is 16.1 Å². The molecular formula is C17H12BrN3O2S. The van der Waals surface area contributed by atoms with Crippen LogP contribution in [0.1, 0.15) is 4.88 Å². The smallest absolute Gasteiger partial charge is 0.264 e. The van der Waals surface area contributed by atoms with Gasteiger partial charge in [0, 0.05) is 28.3 Å². The molecule has 0 spiro atoms. The highest BCUT2D eigenvalue weighted by Crippen LogP contribution is 2.23. The van der Waals surface area contributed by atoms with Gasteiger partial charge in [-0.15, -0.1) is 11.3 Å². The number of carbonyl (C=O) groups excluding carboxylic acids is 1. The van der Waals surface area contributed by atoms with Crippen molar-refractivity contribution in [1.82, 2.24) is 10.2 Å². The van der Waals surface area contributed by atoms with Crippen LogP contribution in [0, 0.1) is 0 Å². The van der Waals surface area contributed by atoms with E-state index in [1.165, 1.54) is 12.1 Å². The van der Waals surface area contributed by atoms with Gasteiger partial charge in [0.05, 0.1) is 9.48 Å². The van der Waals surface area contributed by atoms with Crippen LogP contribution in [0.4, 0.5) is 5.69 Å². The summed E-state index contributed by atoms with van der Waals surface area (Å²) >= 11 is 4.93. The molecule has 0 fully saturated rings. The minimum atomic E-state index is -0.256. The van der Waals surface area contributed by atoms with Gasteiger partial charge in [0.25, 0.3) is 5.56 Å². The number of halogens is 1. The Labute approximate surface area is 150 Å². The highest BCUT2D eigenvalue weighted by atomic mass is 79.9. The molecule has 0 saturated carbocycles. The molecule has 24 heavy (non-hydrogen) atoms. The van der Waals surface area contributed by atoms with Gasteiger partial charge < -0.3 is 5.32 Å². The molecule has 0 atom stereocenters. The van der Waals surface area contributed by atoms with Gasteiger partial charge in [0.15, 0.2) is 0 Å². The van der Waals surface area contributed by atoms with Gasteiger partial charge in [-0.1, -0.05) is 12.1 Å². The Hall–Kier alpha value is -2.51. The molecule has 5 nitrogen and oxygen atoms in total. The van der Waals surface area contributed by atoms with Gasteiger partial charge in [-0.2, -0.15) is 5.10 Å². The van der Waals surface area contributed by atoms with Crippen molar-refractivity contribution in [1.29, 1.82) is 0 Å². The lowest BCUT2D eigenvalue weighted by Gasteiger charge is -2.05. The summed E-state index contributed by atoms with van der Waals surface area (Å²) in [4.78, 5) is 24.1. The largest absolute Gasteiger partial charge is 0.322 e. The van der Waals surface area contributed by atoms with Crippen molar-refractivity contribution in [3.05, 3.63) is 73.6 Å². The zero-order chi connectivity index (χ0) is 16.9. The first-order valence-electron chi connectivity index (χ1n) is 7.01. The van der Waals surface area contributed by atoms with Gasteiger partial charge in [-0.3, -0.25) is 9.59 Å². The van der Waals surface area contributed by atoms with Gasteiger partial charge in [-0.25, -0.2) is 5.10 Å². The van der Waals surface area contributed by atoms with Crippen molar-refractivity contribution in [3.8, 4) is 11.3 Å². The maximum Gasteiger partial charge on any atom is 0.264 e. The lowest BCUT2D eigenvalue weighted by Crippen LogP contribution is -2.08. The number of rotatable bonds is 4. The second-order valence-electron chi connectivity index (χ2n) is 4.85. The summed E-state index contributed by atoms with van der Waals surface area (Å²) in [5, 5.41) is 9.18. The Morgan fingerprint density at radius 3 is 2.79 bits per heavy atom. The average molecular weight is 402 g/mol. The summed E-state index contributed by atoms with van der Waals surface area (Å²) in [6, 6.07) is 14.2. The maximum absolute atomic E-state index is 12.0.